The van der Waals surface area contributed by atoms with Crippen molar-refractivity contribution in [2.75, 3.05) is 18.4 Å². The van der Waals surface area contributed by atoms with Gasteiger partial charge in [0.25, 0.3) is 0 Å². The fourth-order valence-electron chi connectivity index (χ4n) is 1.82. The van der Waals surface area contributed by atoms with Crippen LogP contribution in [-0.2, 0) is 0 Å². The van der Waals surface area contributed by atoms with E-state index >= 15 is 0 Å². The molecule has 84 valence electrons. The number of anilines is 1. The van der Waals surface area contributed by atoms with Gasteiger partial charge in [0.2, 0.25) is 0 Å². The maximum Gasteiger partial charge on any atom is 0.0399 e. The minimum Gasteiger partial charge on any atom is -0.384 e. The van der Waals surface area contributed by atoms with E-state index in [0.717, 1.165) is 13.1 Å². The molecule has 0 amide bonds. The van der Waals surface area contributed by atoms with Crippen molar-refractivity contribution in [3.8, 4) is 0 Å². The number of hydrogen-bond acceptors (Lipinski definition) is 2. The third kappa shape index (κ3) is 3.24. The Hall–Kier alpha value is -1.02. The Morgan fingerprint density at radius 1 is 1.20 bits per heavy atom. The molecule has 0 spiro atoms. The van der Waals surface area contributed by atoms with Gasteiger partial charge in [-0.25, -0.2) is 0 Å². The van der Waals surface area contributed by atoms with Gasteiger partial charge < -0.3 is 11.1 Å². The molecule has 0 radical (unpaired) electrons. The maximum absolute atomic E-state index is 5.60. The van der Waals surface area contributed by atoms with Crippen LogP contribution in [0.3, 0.4) is 0 Å². The summed E-state index contributed by atoms with van der Waals surface area (Å²) in [5.74, 6) is 0.519. The van der Waals surface area contributed by atoms with Gasteiger partial charge >= 0.3 is 0 Å². The molecule has 0 bridgehead atoms. The molecule has 0 aliphatic rings. The molecular weight excluding hydrogens is 184 g/mol. The van der Waals surface area contributed by atoms with Crippen molar-refractivity contribution >= 4 is 5.69 Å². The maximum atomic E-state index is 5.60. The molecule has 15 heavy (non-hydrogen) atoms. The fourth-order valence-corrected chi connectivity index (χ4v) is 1.82. The summed E-state index contributed by atoms with van der Waals surface area (Å²) in [4.78, 5) is 0. The molecule has 1 aromatic carbocycles. The molecule has 0 aliphatic carbocycles. The zero-order valence-corrected chi connectivity index (χ0v) is 10.2. The second-order valence-corrected chi connectivity index (χ2v) is 4.50. The quantitative estimate of drug-likeness (QED) is 0.794. The molecule has 0 saturated heterocycles. The van der Waals surface area contributed by atoms with E-state index in [0.29, 0.717) is 5.92 Å². The molecule has 1 rings (SSSR count). The number of hydrogen-bond donors (Lipinski definition) is 2. The van der Waals surface area contributed by atoms with Crippen LogP contribution in [-0.4, -0.2) is 13.1 Å². The van der Waals surface area contributed by atoms with Crippen molar-refractivity contribution in [2.45, 2.75) is 27.7 Å². The van der Waals surface area contributed by atoms with Gasteiger partial charge in [-0.2, -0.15) is 0 Å². The third-order valence-electron chi connectivity index (χ3n) is 2.71. The van der Waals surface area contributed by atoms with Crippen LogP contribution in [0.4, 0.5) is 5.69 Å². The molecule has 1 unspecified atom stereocenters. The first-order valence-corrected chi connectivity index (χ1v) is 5.56. The summed E-state index contributed by atoms with van der Waals surface area (Å²) < 4.78 is 0. The summed E-state index contributed by atoms with van der Waals surface area (Å²) in [5.41, 5.74) is 10.8. The summed E-state index contributed by atoms with van der Waals surface area (Å²) in [6, 6.07) is 4.42. The second-order valence-electron chi connectivity index (χ2n) is 4.50. The Bertz CT molecular complexity index is 308. The molecular formula is C13H22N2. The summed E-state index contributed by atoms with van der Waals surface area (Å²) in [7, 11) is 0. The zero-order chi connectivity index (χ0) is 11.4. The highest BCUT2D eigenvalue weighted by atomic mass is 14.9. The molecule has 3 N–H and O–H groups in total. The van der Waals surface area contributed by atoms with E-state index in [1.807, 2.05) is 0 Å². The largest absolute Gasteiger partial charge is 0.384 e. The van der Waals surface area contributed by atoms with Crippen molar-refractivity contribution in [3.05, 3.63) is 28.8 Å². The summed E-state index contributed by atoms with van der Waals surface area (Å²) in [6.45, 7) is 10.3. The van der Waals surface area contributed by atoms with Gasteiger partial charge in [0.15, 0.2) is 0 Å². The first-order valence-electron chi connectivity index (χ1n) is 5.56. The molecule has 0 fully saturated rings. The summed E-state index contributed by atoms with van der Waals surface area (Å²) in [5, 5.41) is 3.48. The van der Waals surface area contributed by atoms with Gasteiger partial charge in [0.05, 0.1) is 0 Å². The third-order valence-corrected chi connectivity index (χ3v) is 2.71. The Kier molecular flexibility index (Phi) is 4.15. The van der Waals surface area contributed by atoms with Crippen LogP contribution in [0.1, 0.15) is 23.6 Å². The first-order chi connectivity index (χ1) is 7.04. The monoisotopic (exact) mass is 206 g/mol. The smallest absolute Gasteiger partial charge is 0.0399 e. The lowest BCUT2D eigenvalue weighted by molar-refractivity contribution is 0.627. The standard InChI is InChI=1S/C13H22N2/c1-9-5-11(3)13(12(4)6-9)15-8-10(2)7-14/h5-6,10,15H,7-8,14H2,1-4H3. The van der Waals surface area contributed by atoms with Gasteiger partial charge in [-0.1, -0.05) is 24.6 Å². The summed E-state index contributed by atoms with van der Waals surface area (Å²) in [6.07, 6.45) is 0. The molecule has 1 aromatic rings. The van der Waals surface area contributed by atoms with Crippen LogP contribution in [0.2, 0.25) is 0 Å². The lowest BCUT2D eigenvalue weighted by Crippen LogP contribution is -2.20. The predicted molar refractivity (Wildman–Crippen MR) is 67.4 cm³/mol. The van der Waals surface area contributed by atoms with E-state index in [2.05, 4.69) is 45.1 Å². The van der Waals surface area contributed by atoms with Crippen molar-refractivity contribution in [3.63, 3.8) is 0 Å². The second kappa shape index (κ2) is 5.17. The first kappa shape index (κ1) is 12.1. The Labute approximate surface area is 92.9 Å². The summed E-state index contributed by atoms with van der Waals surface area (Å²) >= 11 is 0. The number of rotatable bonds is 4. The molecule has 0 aliphatic heterocycles. The van der Waals surface area contributed by atoms with Crippen molar-refractivity contribution in [1.29, 1.82) is 0 Å². The molecule has 1 atom stereocenters. The van der Waals surface area contributed by atoms with Gasteiger partial charge in [-0.05, 0) is 44.4 Å². The number of nitrogens with two attached hydrogens (primary N) is 1. The highest BCUT2D eigenvalue weighted by Crippen LogP contribution is 2.21. The average molecular weight is 206 g/mol. The lowest BCUT2D eigenvalue weighted by Gasteiger charge is -2.16. The normalized spacial score (nSPS) is 12.6. The number of aryl methyl sites for hydroxylation is 3. The van der Waals surface area contributed by atoms with Crippen LogP contribution in [0.5, 0.6) is 0 Å². The van der Waals surface area contributed by atoms with E-state index in [-0.39, 0.29) is 0 Å². The van der Waals surface area contributed by atoms with E-state index in [1.54, 1.807) is 0 Å². The van der Waals surface area contributed by atoms with Crippen LogP contribution in [0, 0.1) is 26.7 Å². The van der Waals surface area contributed by atoms with Crippen LogP contribution < -0.4 is 11.1 Å². The van der Waals surface area contributed by atoms with E-state index in [4.69, 9.17) is 5.73 Å². The molecule has 2 heteroatoms. The average Bonchev–Trinajstić information content (AvgIpc) is 2.15. The van der Waals surface area contributed by atoms with Crippen LogP contribution in [0.25, 0.3) is 0 Å². The highest BCUT2D eigenvalue weighted by Gasteiger charge is 2.04. The van der Waals surface area contributed by atoms with E-state index < -0.39 is 0 Å². The number of nitrogens with one attached hydrogen (secondary N) is 1. The molecule has 0 saturated carbocycles. The van der Waals surface area contributed by atoms with Gasteiger partial charge in [-0.15, -0.1) is 0 Å². The number of benzene rings is 1. The van der Waals surface area contributed by atoms with Gasteiger partial charge in [-0.3, -0.25) is 0 Å². The predicted octanol–water partition coefficient (Wildman–Crippen LogP) is 2.62. The Morgan fingerprint density at radius 3 is 2.20 bits per heavy atom. The minimum absolute atomic E-state index is 0.519. The Morgan fingerprint density at radius 2 is 1.73 bits per heavy atom. The van der Waals surface area contributed by atoms with Crippen molar-refractivity contribution < 1.29 is 0 Å². The lowest BCUT2D eigenvalue weighted by atomic mass is 10.0. The SMILES string of the molecule is Cc1cc(C)c(NCC(C)CN)c(C)c1. The van der Waals surface area contributed by atoms with Crippen LogP contribution in [0.15, 0.2) is 12.1 Å². The van der Waals surface area contributed by atoms with Crippen LogP contribution >= 0.6 is 0 Å². The molecule has 0 heterocycles. The molecule has 2 nitrogen and oxygen atoms in total. The molecule has 0 aromatic heterocycles. The topological polar surface area (TPSA) is 38.0 Å². The fraction of sp³-hybridized carbons (Fsp3) is 0.538. The highest BCUT2D eigenvalue weighted by molar-refractivity contribution is 5.58. The minimum atomic E-state index is 0.519. The van der Waals surface area contributed by atoms with Crippen molar-refractivity contribution in [1.82, 2.24) is 0 Å². The zero-order valence-electron chi connectivity index (χ0n) is 10.2. The Balaban J connectivity index is 2.77. The van der Waals surface area contributed by atoms with Gasteiger partial charge in [0.1, 0.15) is 0 Å². The van der Waals surface area contributed by atoms with Gasteiger partial charge in [0, 0.05) is 12.2 Å². The van der Waals surface area contributed by atoms with Crippen molar-refractivity contribution in [2.24, 2.45) is 11.7 Å². The van der Waals surface area contributed by atoms with E-state index in [1.165, 1.54) is 22.4 Å². The van der Waals surface area contributed by atoms with E-state index in [9.17, 15) is 0 Å².